The van der Waals surface area contributed by atoms with E-state index in [4.69, 9.17) is 23.2 Å². The summed E-state index contributed by atoms with van der Waals surface area (Å²) in [6.45, 7) is 12.9. The van der Waals surface area contributed by atoms with Gasteiger partial charge in [-0.3, -0.25) is 9.80 Å². The molecule has 2 rings (SSSR count). The minimum atomic E-state index is 0.253. The maximum Gasteiger partial charge on any atom is 0.0545 e. The van der Waals surface area contributed by atoms with Gasteiger partial charge in [-0.25, -0.2) is 0 Å². The first kappa shape index (κ1) is 21.2. The van der Waals surface area contributed by atoms with E-state index in [0.717, 1.165) is 36.2 Å². The van der Waals surface area contributed by atoms with Crippen LogP contribution in [0, 0.1) is 0 Å². The molecule has 2 aromatic rings. The minimum absolute atomic E-state index is 0.253. The van der Waals surface area contributed by atoms with Crippen LogP contribution in [-0.2, 0) is 0 Å². The number of likely N-dealkylation sites (N-methyl/N-ethyl adjacent to an activating group) is 2. The van der Waals surface area contributed by atoms with Crippen LogP contribution in [0.1, 0.15) is 50.9 Å². The normalized spacial score (nSPS) is 14.0. The molecule has 0 spiro atoms. The zero-order valence-corrected chi connectivity index (χ0v) is 17.8. The first-order valence-corrected chi connectivity index (χ1v) is 10.3. The fourth-order valence-electron chi connectivity index (χ4n) is 3.74. The highest BCUT2D eigenvalue weighted by Gasteiger charge is 2.32. The molecule has 0 aliphatic carbocycles. The summed E-state index contributed by atoms with van der Waals surface area (Å²) in [6, 6.07) is 17.1. The fourth-order valence-corrected chi connectivity index (χ4v) is 3.99. The number of benzene rings is 2. The Morgan fingerprint density at radius 3 is 1.08 bits per heavy atom. The summed E-state index contributed by atoms with van der Waals surface area (Å²) in [6.07, 6.45) is 0. The number of hydrogen-bond acceptors (Lipinski definition) is 2. The molecule has 2 nitrogen and oxygen atoms in total. The van der Waals surface area contributed by atoms with Gasteiger partial charge in [-0.15, -0.1) is 0 Å². The molecule has 0 unspecified atom stereocenters. The van der Waals surface area contributed by atoms with Gasteiger partial charge in [0.25, 0.3) is 0 Å². The summed E-state index contributed by atoms with van der Waals surface area (Å²) >= 11 is 12.3. The summed E-state index contributed by atoms with van der Waals surface area (Å²) in [4.78, 5) is 5.06. The predicted octanol–water partition coefficient (Wildman–Crippen LogP) is 6.46. The van der Waals surface area contributed by atoms with Crippen LogP contribution in [0.2, 0.25) is 10.0 Å². The van der Waals surface area contributed by atoms with E-state index < -0.39 is 0 Å². The molecular weight excluding hydrogens is 363 g/mol. The molecular formula is C22H30Cl2N2. The average molecular weight is 393 g/mol. The summed E-state index contributed by atoms with van der Waals surface area (Å²) < 4.78 is 0. The second-order valence-corrected chi connectivity index (χ2v) is 7.31. The van der Waals surface area contributed by atoms with Gasteiger partial charge in [0.05, 0.1) is 12.1 Å². The first-order chi connectivity index (χ1) is 12.5. The standard InChI is InChI=1S/C22H30Cl2N2/c1-5-25(6-2)21(17-9-13-19(23)14-10-17)22(26(7-3)8-4)18-11-15-20(24)16-12-18/h9-16,21-22H,5-8H2,1-4H3/t21-,22+. The topological polar surface area (TPSA) is 6.48 Å². The Labute approximate surface area is 168 Å². The van der Waals surface area contributed by atoms with Crippen LogP contribution >= 0.6 is 23.2 Å². The summed E-state index contributed by atoms with van der Waals surface area (Å²) in [5, 5.41) is 1.55. The van der Waals surface area contributed by atoms with Crippen LogP contribution < -0.4 is 0 Å². The second kappa shape index (κ2) is 10.3. The molecule has 0 saturated carbocycles. The van der Waals surface area contributed by atoms with E-state index in [1.54, 1.807) is 0 Å². The van der Waals surface area contributed by atoms with Crippen molar-refractivity contribution in [2.24, 2.45) is 0 Å². The molecule has 0 aromatic heterocycles. The van der Waals surface area contributed by atoms with E-state index in [9.17, 15) is 0 Å². The van der Waals surface area contributed by atoms with Gasteiger partial charge in [0, 0.05) is 10.0 Å². The average Bonchev–Trinajstić information content (AvgIpc) is 2.66. The van der Waals surface area contributed by atoms with Crippen molar-refractivity contribution in [2.75, 3.05) is 26.2 Å². The Hall–Kier alpha value is -1.06. The van der Waals surface area contributed by atoms with E-state index in [1.807, 2.05) is 24.3 Å². The summed E-state index contributed by atoms with van der Waals surface area (Å²) in [5.41, 5.74) is 2.59. The van der Waals surface area contributed by atoms with E-state index >= 15 is 0 Å². The first-order valence-electron chi connectivity index (χ1n) is 9.54. The van der Waals surface area contributed by atoms with Crippen molar-refractivity contribution in [3.8, 4) is 0 Å². The molecule has 0 radical (unpaired) electrons. The lowest BCUT2D eigenvalue weighted by atomic mass is 9.90. The maximum atomic E-state index is 6.16. The van der Waals surface area contributed by atoms with Crippen molar-refractivity contribution < 1.29 is 0 Å². The highest BCUT2D eigenvalue weighted by Crippen LogP contribution is 2.39. The molecule has 0 fully saturated rings. The third-order valence-corrected chi connectivity index (χ3v) is 5.64. The van der Waals surface area contributed by atoms with Crippen LogP contribution in [0.4, 0.5) is 0 Å². The molecule has 4 heteroatoms. The second-order valence-electron chi connectivity index (χ2n) is 6.44. The van der Waals surface area contributed by atoms with Gasteiger partial charge in [0.2, 0.25) is 0 Å². The minimum Gasteiger partial charge on any atom is -0.295 e. The molecule has 0 N–H and O–H groups in total. The van der Waals surface area contributed by atoms with Crippen LogP contribution in [-0.4, -0.2) is 36.0 Å². The SMILES string of the molecule is CCN(CC)[C@H](c1ccc(Cl)cc1)[C@H](c1ccc(Cl)cc1)N(CC)CC. The number of halogens is 2. The molecule has 0 aliphatic heterocycles. The van der Waals surface area contributed by atoms with E-state index in [1.165, 1.54) is 11.1 Å². The van der Waals surface area contributed by atoms with E-state index in [0.29, 0.717) is 0 Å². The molecule has 2 atom stereocenters. The highest BCUT2D eigenvalue weighted by atomic mass is 35.5. The Kier molecular flexibility index (Phi) is 8.43. The molecule has 142 valence electrons. The van der Waals surface area contributed by atoms with Crippen molar-refractivity contribution >= 4 is 23.2 Å². The lowest BCUT2D eigenvalue weighted by Gasteiger charge is -2.42. The number of hydrogen-bond donors (Lipinski definition) is 0. The summed E-state index contributed by atoms with van der Waals surface area (Å²) in [5.74, 6) is 0. The Morgan fingerprint density at radius 2 is 0.846 bits per heavy atom. The lowest BCUT2D eigenvalue weighted by molar-refractivity contribution is 0.0889. The quantitative estimate of drug-likeness (QED) is 0.482. The third kappa shape index (κ3) is 5.01. The van der Waals surface area contributed by atoms with Gasteiger partial charge in [-0.05, 0) is 61.6 Å². The maximum absolute atomic E-state index is 6.16. The van der Waals surface area contributed by atoms with Crippen molar-refractivity contribution in [1.29, 1.82) is 0 Å². The molecule has 26 heavy (non-hydrogen) atoms. The van der Waals surface area contributed by atoms with Gasteiger partial charge in [-0.1, -0.05) is 75.2 Å². The number of rotatable bonds is 9. The zero-order chi connectivity index (χ0) is 19.1. The molecule has 0 aliphatic rings. The third-order valence-electron chi connectivity index (χ3n) is 5.13. The number of nitrogens with zero attached hydrogens (tertiary/aromatic N) is 2. The van der Waals surface area contributed by atoms with Crippen LogP contribution in [0.25, 0.3) is 0 Å². The van der Waals surface area contributed by atoms with Crippen molar-refractivity contribution in [2.45, 2.75) is 39.8 Å². The van der Waals surface area contributed by atoms with Gasteiger partial charge < -0.3 is 0 Å². The fraction of sp³-hybridized carbons (Fsp3) is 0.455. The van der Waals surface area contributed by atoms with E-state index in [-0.39, 0.29) is 12.1 Å². The smallest absolute Gasteiger partial charge is 0.0545 e. The molecule has 0 amide bonds. The molecule has 0 heterocycles. The zero-order valence-electron chi connectivity index (χ0n) is 16.3. The van der Waals surface area contributed by atoms with Crippen molar-refractivity contribution in [3.05, 3.63) is 69.7 Å². The molecule has 0 saturated heterocycles. The van der Waals surface area contributed by atoms with Gasteiger partial charge in [-0.2, -0.15) is 0 Å². The van der Waals surface area contributed by atoms with Crippen molar-refractivity contribution in [3.63, 3.8) is 0 Å². The van der Waals surface area contributed by atoms with Crippen LogP contribution in [0.15, 0.2) is 48.5 Å². The molecule has 2 aromatic carbocycles. The predicted molar refractivity (Wildman–Crippen MR) is 114 cm³/mol. The highest BCUT2D eigenvalue weighted by molar-refractivity contribution is 6.30. The monoisotopic (exact) mass is 392 g/mol. The Morgan fingerprint density at radius 1 is 0.577 bits per heavy atom. The van der Waals surface area contributed by atoms with Crippen LogP contribution in [0.3, 0.4) is 0 Å². The Balaban J connectivity index is 2.59. The van der Waals surface area contributed by atoms with E-state index in [2.05, 4.69) is 61.8 Å². The van der Waals surface area contributed by atoms with Gasteiger partial charge in [0.15, 0.2) is 0 Å². The largest absolute Gasteiger partial charge is 0.295 e. The van der Waals surface area contributed by atoms with Gasteiger partial charge >= 0.3 is 0 Å². The lowest BCUT2D eigenvalue weighted by Crippen LogP contribution is -2.41. The van der Waals surface area contributed by atoms with Crippen LogP contribution in [0.5, 0.6) is 0 Å². The van der Waals surface area contributed by atoms with Gasteiger partial charge in [0.1, 0.15) is 0 Å². The molecule has 0 bridgehead atoms. The Bertz CT molecular complexity index is 587. The summed E-state index contributed by atoms with van der Waals surface area (Å²) in [7, 11) is 0. The van der Waals surface area contributed by atoms with Crippen molar-refractivity contribution in [1.82, 2.24) is 9.80 Å².